The van der Waals surface area contributed by atoms with Crippen LogP contribution in [-0.2, 0) is 0 Å². The summed E-state index contributed by atoms with van der Waals surface area (Å²) in [6.07, 6.45) is 3.47. The van der Waals surface area contributed by atoms with Gasteiger partial charge in [-0.3, -0.25) is 9.89 Å². The number of rotatable bonds is 1. The minimum Gasteiger partial charge on any atom is -0.390 e. The Labute approximate surface area is 93.7 Å². The Balaban J connectivity index is 2.03. The van der Waals surface area contributed by atoms with Crippen LogP contribution in [0.25, 0.3) is 0 Å². The first kappa shape index (κ1) is 11.1. The van der Waals surface area contributed by atoms with Gasteiger partial charge in [0.05, 0.1) is 5.60 Å². The van der Waals surface area contributed by atoms with Gasteiger partial charge in [-0.2, -0.15) is 5.10 Å². The fourth-order valence-corrected chi connectivity index (χ4v) is 1.92. The first-order valence-corrected chi connectivity index (χ1v) is 5.45. The van der Waals surface area contributed by atoms with Gasteiger partial charge in [0.1, 0.15) is 6.33 Å². The summed E-state index contributed by atoms with van der Waals surface area (Å²) in [6, 6.07) is 0. The molecule has 1 aliphatic rings. The van der Waals surface area contributed by atoms with Gasteiger partial charge in [0.15, 0.2) is 0 Å². The normalized spacial score (nSPS) is 26.5. The number of aromatic amines is 1. The molecule has 6 nitrogen and oxygen atoms in total. The van der Waals surface area contributed by atoms with Crippen LogP contribution in [0, 0.1) is 0 Å². The second-order valence-corrected chi connectivity index (χ2v) is 4.48. The highest BCUT2D eigenvalue weighted by molar-refractivity contribution is 5.90. The molecule has 1 atom stereocenters. The highest BCUT2D eigenvalue weighted by Gasteiger charge is 2.28. The fraction of sp³-hybridized carbons (Fsp3) is 0.700. The smallest absolute Gasteiger partial charge is 0.291 e. The van der Waals surface area contributed by atoms with Crippen molar-refractivity contribution in [3.8, 4) is 0 Å². The molecule has 2 N–H and O–H groups in total. The highest BCUT2D eigenvalue weighted by Crippen LogP contribution is 2.21. The third-order valence-corrected chi connectivity index (χ3v) is 2.97. The molecular weight excluding hydrogens is 208 g/mol. The second kappa shape index (κ2) is 4.21. The third-order valence-electron chi connectivity index (χ3n) is 2.97. The van der Waals surface area contributed by atoms with Crippen LogP contribution in [0.5, 0.6) is 0 Å². The highest BCUT2D eigenvalue weighted by atomic mass is 16.3. The van der Waals surface area contributed by atoms with Gasteiger partial charge in [-0.25, -0.2) is 4.98 Å². The number of aromatic nitrogens is 3. The maximum atomic E-state index is 11.9. The van der Waals surface area contributed by atoms with Gasteiger partial charge in [-0.05, 0) is 26.2 Å². The Kier molecular flexibility index (Phi) is 2.91. The summed E-state index contributed by atoms with van der Waals surface area (Å²) in [4.78, 5) is 17.5. The number of hydrogen-bond acceptors (Lipinski definition) is 4. The monoisotopic (exact) mass is 224 g/mol. The van der Waals surface area contributed by atoms with E-state index in [1.165, 1.54) is 6.33 Å². The molecule has 0 aromatic carbocycles. The van der Waals surface area contributed by atoms with Crippen molar-refractivity contribution in [2.75, 3.05) is 13.1 Å². The molecule has 1 aromatic rings. The van der Waals surface area contributed by atoms with Crippen LogP contribution in [0.1, 0.15) is 36.8 Å². The maximum absolute atomic E-state index is 11.9. The SMILES string of the molecule is CC1(O)CCCN(C(=O)c2ncn[nH]2)CC1. The molecule has 2 heterocycles. The van der Waals surface area contributed by atoms with Gasteiger partial charge in [-0.1, -0.05) is 0 Å². The number of H-pyrrole nitrogens is 1. The van der Waals surface area contributed by atoms with Crippen LogP contribution in [0.2, 0.25) is 0 Å². The molecule has 1 aliphatic heterocycles. The Morgan fingerprint density at radius 2 is 2.38 bits per heavy atom. The van der Waals surface area contributed by atoms with Crippen molar-refractivity contribution in [3.05, 3.63) is 12.2 Å². The number of aliphatic hydroxyl groups is 1. The van der Waals surface area contributed by atoms with E-state index in [0.29, 0.717) is 19.5 Å². The zero-order valence-electron chi connectivity index (χ0n) is 9.31. The lowest BCUT2D eigenvalue weighted by Gasteiger charge is -2.21. The van der Waals surface area contributed by atoms with Gasteiger partial charge >= 0.3 is 0 Å². The number of likely N-dealkylation sites (tertiary alicyclic amines) is 1. The van der Waals surface area contributed by atoms with Crippen LogP contribution < -0.4 is 0 Å². The lowest BCUT2D eigenvalue weighted by molar-refractivity contribution is 0.0436. The van der Waals surface area contributed by atoms with E-state index in [4.69, 9.17) is 0 Å². The molecule has 1 saturated heterocycles. The maximum Gasteiger partial charge on any atom is 0.291 e. The van der Waals surface area contributed by atoms with E-state index < -0.39 is 5.60 Å². The first-order valence-electron chi connectivity index (χ1n) is 5.45. The minimum atomic E-state index is -0.656. The topological polar surface area (TPSA) is 82.1 Å². The summed E-state index contributed by atoms with van der Waals surface area (Å²) in [5.74, 6) is 0.122. The Morgan fingerprint density at radius 1 is 1.56 bits per heavy atom. The van der Waals surface area contributed by atoms with E-state index in [9.17, 15) is 9.90 Å². The fourth-order valence-electron chi connectivity index (χ4n) is 1.92. The molecule has 1 amide bonds. The van der Waals surface area contributed by atoms with Crippen LogP contribution in [0.4, 0.5) is 0 Å². The van der Waals surface area contributed by atoms with Crippen LogP contribution in [-0.4, -0.2) is 49.8 Å². The van der Waals surface area contributed by atoms with Gasteiger partial charge in [-0.15, -0.1) is 0 Å². The van der Waals surface area contributed by atoms with Gasteiger partial charge in [0.2, 0.25) is 5.82 Å². The standard InChI is InChI=1S/C10H16N4O2/c1-10(16)3-2-5-14(6-4-10)9(15)8-11-7-12-13-8/h7,16H,2-6H2,1H3,(H,11,12,13). The minimum absolute atomic E-state index is 0.143. The summed E-state index contributed by atoms with van der Waals surface area (Å²) in [5, 5.41) is 16.1. The van der Waals surface area contributed by atoms with Crippen LogP contribution in [0.3, 0.4) is 0 Å². The first-order chi connectivity index (χ1) is 7.58. The molecule has 0 saturated carbocycles. The molecule has 0 bridgehead atoms. The van der Waals surface area contributed by atoms with Crippen LogP contribution in [0.15, 0.2) is 6.33 Å². The molecule has 0 aliphatic carbocycles. The van der Waals surface area contributed by atoms with Crippen molar-refractivity contribution in [2.45, 2.75) is 31.8 Å². The number of carbonyl (C=O) groups excluding carboxylic acids is 1. The summed E-state index contributed by atoms with van der Waals surface area (Å²) in [5.41, 5.74) is -0.656. The predicted molar refractivity (Wildman–Crippen MR) is 56.8 cm³/mol. The molecule has 0 spiro atoms. The Bertz CT molecular complexity index is 361. The third kappa shape index (κ3) is 2.38. The second-order valence-electron chi connectivity index (χ2n) is 4.48. The molecule has 1 unspecified atom stereocenters. The van der Waals surface area contributed by atoms with Crippen molar-refractivity contribution in [2.24, 2.45) is 0 Å². The van der Waals surface area contributed by atoms with Crippen molar-refractivity contribution >= 4 is 5.91 Å². The van der Waals surface area contributed by atoms with Crippen molar-refractivity contribution in [1.82, 2.24) is 20.1 Å². The molecule has 1 aromatic heterocycles. The zero-order chi connectivity index (χ0) is 11.6. The number of nitrogens with one attached hydrogen (secondary N) is 1. The quantitative estimate of drug-likeness (QED) is 0.713. The summed E-state index contributed by atoms with van der Waals surface area (Å²) in [7, 11) is 0. The van der Waals surface area contributed by atoms with E-state index in [-0.39, 0.29) is 11.7 Å². The molecule has 6 heteroatoms. The molecule has 1 fully saturated rings. The average Bonchev–Trinajstić information content (AvgIpc) is 2.69. The molecular formula is C10H16N4O2. The average molecular weight is 224 g/mol. The summed E-state index contributed by atoms with van der Waals surface area (Å²) >= 11 is 0. The zero-order valence-corrected chi connectivity index (χ0v) is 9.31. The predicted octanol–water partition coefficient (Wildman–Crippen LogP) is 0.182. The van der Waals surface area contributed by atoms with E-state index in [1.54, 1.807) is 4.90 Å². The molecule has 88 valence electrons. The van der Waals surface area contributed by atoms with Crippen molar-refractivity contribution in [3.63, 3.8) is 0 Å². The number of carbonyl (C=O) groups is 1. The largest absolute Gasteiger partial charge is 0.390 e. The van der Waals surface area contributed by atoms with E-state index in [0.717, 1.165) is 12.8 Å². The number of hydrogen-bond donors (Lipinski definition) is 2. The molecule has 2 rings (SSSR count). The van der Waals surface area contributed by atoms with Crippen molar-refractivity contribution < 1.29 is 9.90 Å². The van der Waals surface area contributed by atoms with Gasteiger partial charge < -0.3 is 10.0 Å². The number of nitrogens with zero attached hydrogens (tertiary/aromatic N) is 3. The number of amides is 1. The van der Waals surface area contributed by atoms with E-state index in [2.05, 4.69) is 15.2 Å². The lowest BCUT2D eigenvalue weighted by Crippen LogP contribution is -2.34. The van der Waals surface area contributed by atoms with Gasteiger partial charge in [0, 0.05) is 13.1 Å². The lowest BCUT2D eigenvalue weighted by atomic mass is 9.98. The molecule has 16 heavy (non-hydrogen) atoms. The summed E-state index contributed by atoms with van der Waals surface area (Å²) < 4.78 is 0. The van der Waals surface area contributed by atoms with Crippen molar-refractivity contribution in [1.29, 1.82) is 0 Å². The molecule has 0 radical (unpaired) electrons. The Morgan fingerprint density at radius 3 is 3.06 bits per heavy atom. The summed E-state index contributed by atoms with van der Waals surface area (Å²) in [6.45, 7) is 3.04. The van der Waals surface area contributed by atoms with E-state index >= 15 is 0 Å². The van der Waals surface area contributed by atoms with Crippen LogP contribution >= 0.6 is 0 Å². The van der Waals surface area contributed by atoms with Gasteiger partial charge in [0.25, 0.3) is 5.91 Å². The Hall–Kier alpha value is -1.43. The van der Waals surface area contributed by atoms with E-state index in [1.807, 2.05) is 6.92 Å².